The molecular weight excluding hydrogens is 558 g/mol. The summed E-state index contributed by atoms with van der Waals surface area (Å²) >= 11 is 0. The lowest BCUT2D eigenvalue weighted by Gasteiger charge is -2.27. The van der Waals surface area contributed by atoms with Gasteiger partial charge in [0.25, 0.3) is 0 Å². The third-order valence-corrected chi connectivity index (χ3v) is 7.58. The molecule has 1 amide bonds. The Hall–Kier alpha value is -4.90. The Bertz CT molecular complexity index is 1690. The zero-order valence-electron chi connectivity index (χ0n) is 25.8. The van der Waals surface area contributed by atoms with Crippen molar-refractivity contribution in [3.63, 3.8) is 0 Å². The first kappa shape index (κ1) is 30.6. The van der Waals surface area contributed by atoms with Gasteiger partial charge in [0.1, 0.15) is 11.3 Å². The van der Waals surface area contributed by atoms with Gasteiger partial charge in [0.05, 0.1) is 36.0 Å². The second-order valence-electron chi connectivity index (χ2n) is 11.1. The van der Waals surface area contributed by atoms with Gasteiger partial charge in [0.2, 0.25) is 11.9 Å². The standard InChI is InChI=1S/C33H39N7O4/c1-7-30(41)36-25-15-26(29(43-6)16-28(25)39(4)18-21-11-10-14-34-21)37-33-35-17-23(32(42)44-20(2)3)31(38-33)24-19-40(5)27-13-9-8-12-22(24)27/h7-9,12-13,15-17,19-21,34H,1,10-11,14,18H2,2-6H3,(H,36,41)(H,35,37,38). The van der Waals surface area contributed by atoms with Crippen molar-refractivity contribution in [1.29, 1.82) is 0 Å². The molecule has 3 heterocycles. The number of anilines is 4. The molecule has 11 nitrogen and oxygen atoms in total. The molecule has 0 aliphatic carbocycles. The first-order valence-corrected chi connectivity index (χ1v) is 14.7. The number of aromatic nitrogens is 3. The molecule has 2 aromatic carbocycles. The van der Waals surface area contributed by atoms with Crippen LogP contribution in [0.5, 0.6) is 5.75 Å². The molecule has 2 aromatic heterocycles. The number of carbonyl (C=O) groups is 2. The van der Waals surface area contributed by atoms with Crippen LogP contribution >= 0.6 is 0 Å². The van der Waals surface area contributed by atoms with Crippen LogP contribution in [0.2, 0.25) is 0 Å². The Labute approximate surface area is 257 Å². The summed E-state index contributed by atoms with van der Waals surface area (Å²) < 4.78 is 13.3. The minimum absolute atomic E-state index is 0.240. The number of fused-ring (bicyclic) bond motifs is 1. The first-order chi connectivity index (χ1) is 21.2. The van der Waals surface area contributed by atoms with Gasteiger partial charge in [-0.15, -0.1) is 0 Å². The quantitative estimate of drug-likeness (QED) is 0.157. The third-order valence-electron chi connectivity index (χ3n) is 7.58. The van der Waals surface area contributed by atoms with Crippen LogP contribution in [0.15, 0.2) is 61.4 Å². The number of para-hydroxylation sites is 1. The van der Waals surface area contributed by atoms with Gasteiger partial charge in [-0.1, -0.05) is 24.8 Å². The van der Waals surface area contributed by atoms with E-state index < -0.39 is 5.97 Å². The highest BCUT2D eigenvalue weighted by molar-refractivity contribution is 6.04. The van der Waals surface area contributed by atoms with E-state index >= 15 is 0 Å². The molecule has 4 aromatic rings. The fourth-order valence-electron chi connectivity index (χ4n) is 5.50. The normalized spacial score (nSPS) is 14.5. The molecule has 1 aliphatic rings. The average Bonchev–Trinajstić information content (AvgIpc) is 3.64. The summed E-state index contributed by atoms with van der Waals surface area (Å²) in [6.07, 6.45) is 6.56. The van der Waals surface area contributed by atoms with Gasteiger partial charge in [-0.05, 0) is 51.4 Å². The van der Waals surface area contributed by atoms with E-state index in [1.165, 1.54) is 12.3 Å². The number of hydrogen-bond donors (Lipinski definition) is 3. The zero-order valence-corrected chi connectivity index (χ0v) is 25.8. The number of rotatable bonds is 11. The van der Waals surface area contributed by atoms with Gasteiger partial charge >= 0.3 is 5.97 Å². The Morgan fingerprint density at radius 2 is 2.05 bits per heavy atom. The molecule has 1 unspecified atom stereocenters. The number of ether oxygens (including phenoxy) is 2. The van der Waals surface area contributed by atoms with Crippen molar-refractivity contribution in [2.45, 2.75) is 38.8 Å². The van der Waals surface area contributed by atoms with Crippen LogP contribution in [0.4, 0.5) is 23.0 Å². The van der Waals surface area contributed by atoms with Crippen LogP contribution in [0.1, 0.15) is 37.0 Å². The molecule has 0 saturated carbocycles. The molecule has 230 valence electrons. The highest BCUT2D eigenvalue weighted by Crippen LogP contribution is 2.39. The lowest BCUT2D eigenvalue weighted by molar-refractivity contribution is -0.111. The van der Waals surface area contributed by atoms with Crippen molar-refractivity contribution in [1.82, 2.24) is 19.9 Å². The SMILES string of the molecule is C=CC(=O)Nc1cc(Nc2ncc(C(=O)OC(C)C)c(-c3cn(C)c4ccccc34)n2)c(OC)cc1N(C)CC1CCCN1. The van der Waals surface area contributed by atoms with Gasteiger partial charge in [-0.25, -0.2) is 14.8 Å². The maximum Gasteiger partial charge on any atom is 0.342 e. The number of nitrogens with one attached hydrogen (secondary N) is 3. The molecule has 1 fully saturated rings. The van der Waals surface area contributed by atoms with E-state index in [4.69, 9.17) is 14.5 Å². The summed E-state index contributed by atoms with van der Waals surface area (Å²) in [5.74, 6) is -0.0751. The minimum atomic E-state index is -0.509. The first-order valence-electron chi connectivity index (χ1n) is 14.7. The fourth-order valence-corrected chi connectivity index (χ4v) is 5.50. The van der Waals surface area contributed by atoms with Crippen LogP contribution in [0.25, 0.3) is 22.2 Å². The van der Waals surface area contributed by atoms with E-state index in [2.05, 4.69) is 32.4 Å². The van der Waals surface area contributed by atoms with Crippen molar-refractivity contribution in [3.8, 4) is 17.0 Å². The molecule has 44 heavy (non-hydrogen) atoms. The van der Waals surface area contributed by atoms with Gasteiger partial charge < -0.3 is 34.9 Å². The molecule has 5 rings (SSSR count). The van der Waals surface area contributed by atoms with Crippen molar-refractivity contribution >= 4 is 45.8 Å². The van der Waals surface area contributed by atoms with Gasteiger partial charge in [0.15, 0.2) is 0 Å². The predicted octanol–water partition coefficient (Wildman–Crippen LogP) is 5.27. The topological polar surface area (TPSA) is 123 Å². The fraction of sp³-hybridized carbons (Fsp3) is 0.333. The summed E-state index contributed by atoms with van der Waals surface area (Å²) in [6.45, 7) is 8.96. The summed E-state index contributed by atoms with van der Waals surface area (Å²) in [5, 5.41) is 10.6. The van der Waals surface area contributed by atoms with Crippen LogP contribution < -0.4 is 25.6 Å². The molecular formula is C33H39N7O4. The van der Waals surface area contributed by atoms with E-state index in [1.54, 1.807) is 27.0 Å². The number of hydrogen-bond acceptors (Lipinski definition) is 9. The molecule has 1 saturated heterocycles. The number of amides is 1. The molecule has 3 N–H and O–H groups in total. The molecule has 0 bridgehead atoms. The number of carbonyl (C=O) groups excluding carboxylic acids is 2. The van der Waals surface area contributed by atoms with Crippen LogP contribution in [0, 0.1) is 0 Å². The van der Waals surface area contributed by atoms with Gasteiger partial charge in [0, 0.05) is 61.6 Å². The summed E-state index contributed by atoms with van der Waals surface area (Å²) in [7, 11) is 5.52. The lowest BCUT2D eigenvalue weighted by atomic mass is 10.1. The molecule has 11 heteroatoms. The molecule has 1 atom stereocenters. The molecule has 1 aliphatic heterocycles. The van der Waals surface area contributed by atoms with E-state index in [0.29, 0.717) is 28.9 Å². The van der Waals surface area contributed by atoms with Crippen LogP contribution in [-0.2, 0) is 16.6 Å². The van der Waals surface area contributed by atoms with Crippen molar-refractivity contribution in [2.24, 2.45) is 7.05 Å². The Balaban J connectivity index is 1.57. The summed E-state index contributed by atoms with van der Waals surface area (Å²) in [4.78, 5) is 37.0. The van der Waals surface area contributed by atoms with Crippen molar-refractivity contribution < 1.29 is 19.1 Å². The predicted molar refractivity (Wildman–Crippen MR) is 174 cm³/mol. The number of likely N-dealkylation sites (N-methyl/N-ethyl adjacent to an activating group) is 1. The maximum atomic E-state index is 13.2. The van der Waals surface area contributed by atoms with E-state index in [1.807, 2.05) is 55.2 Å². The average molecular weight is 598 g/mol. The third kappa shape index (κ3) is 6.52. The Morgan fingerprint density at radius 3 is 2.75 bits per heavy atom. The van der Waals surface area contributed by atoms with Crippen molar-refractivity contribution in [2.75, 3.05) is 42.8 Å². The number of aryl methyl sites for hydroxylation is 1. The zero-order chi connectivity index (χ0) is 31.4. The highest BCUT2D eigenvalue weighted by Gasteiger charge is 2.24. The second-order valence-corrected chi connectivity index (χ2v) is 11.1. The van der Waals surface area contributed by atoms with Crippen LogP contribution in [0.3, 0.4) is 0 Å². The number of esters is 1. The number of benzene rings is 2. The molecule has 0 spiro atoms. The second kappa shape index (κ2) is 13.2. The number of nitrogens with zero attached hydrogens (tertiary/aromatic N) is 4. The van der Waals surface area contributed by atoms with E-state index in [9.17, 15) is 9.59 Å². The van der Waals surface area contributed by atoms with E-state index in [0.717, 1.165) is 48.1 Å². The van der Waals surface area contributed by atoms with Gasteiger partial charge in [-0.2, -0.15) is 0 Å². The smallest absolute Gasteiger partial charge is 0.342 e. The minimum Gasteiger partial charge on any atom is -0.494 e. The summed E-state index contributed by atoms with van der Waals surface area (Å²) in [5.41, 5.74) is 4.35. The van der Waals surface area contributed by atoms with Crippen molar-refractivity contribution in [3.05, 3.63) is 67.0 Å². The Morgan fingerprint density at radius 1 is 1.25 bits per heavy atom. The largest absolute Gasteiger partial charge is 0.494 e. The van der Waals surface area contributed by atoms with E-state index in [-0.39, 0.29) is 23.5 Å². The maximum absolute atomic E-state index is 13.2. The van der Waals surface area contributed by atoms with Crippen LogP contribution in [-0.4, -0.2) is 65.8 Å². The summed E-state index contributed by atoms with van der Waals surface area (Å²) in [6, 6.07) is 11.9. The lowest BCUT2D eigenvalue weighted by Crippen LogP contribution is -2.35. The Kier molecular flexibility index (Phi) is 9.15. The molecule has 0 radical (unpaired) electrons. The van der Waals surface area contributed by atoms with Gasteiger partial charge in [-0.3, -0.25) is 4.79 Å². The monoisotopic (exact) mass is 597 g/mol. The number of methoxy groups -OCH3 is 1. The highest BCUT2D eigenvalue weighted by atomic mass is 16.5.